The second kappa shape index (κ2) is 9.89. The molecule has 3 aliphatic rings. The Morgan fingerprint density at radius 1 is 1.00 bits per heavy atom. The Labute approximate surface area is 223 Å². The largest absolute Gasteiger partial charge is 0.403 e. The van der Waals surface area contributed by atoms with Crippen molar-refractivity contribution in [2.24, 2.45) is 16.7 Å². The molecule has 2 bridgehead atoms. The number of hydrogen-bond donors (Lipinski definition) is 2. The molecule has 5 rings (SSSR count). The smallest absolute Gasteiger partial charge is 0.261 e. The van der Waals surface area contributed by atoms with Crippen LogP contribution in [0.15, 0.2) is 60.7 Å². The first-order valence-corrected chi connectivity index (χ1v) is 16.9. The first-order chi connectivity index (χ1) is 17.1. The molecule has 1 aliphatic heterocycles. The van der Waals surface area contributed by atoms with E-state index in [4.69, 9.17) is 4.43 Å². The molecule has 2 saturated carbocycles. The predicted molar refractivity (Wildman–Crippen MR) is 156 cm³/mol. The van der Waals surface area contributed by atoms with Crippen molar-refractivity contribution >= 4 is 30.5 Å². The third kappa shape index (κ3) is 4.33. The summed E-state index contributed by atoms with van der Waals surface area (Å²) in [6.07, 6.45) is 4.63. The quantitative estimate of drug-likeness (QED) is 0.466. The molecule has 1 unspecified atom stereocenters. The molecule has 1 heterocycles. The van der Waals surface area contributed by atoms with E-state index in [0.29, 0.717) is 12.0 Å². The van der Waals surface area contributed by atoms with Crippen molar-refractivity contribution in [1.82, 2.24) is 5.32 Å². The number of aliphatic hydroxyl groups is 1. The van der Waals surface area contributed by atoms with Gasteiger partial charge in [-0.1, -0.05) is 95.3 Å². The first-order valence-electron chi connectivity index (χ1n) is 13.9. The topological polar surface area (TPSA) is 41.5 Å². The summed E-state index contributed by atoms with van der Waals surface area (Å²) in [5.41, 5.74) is 0.364. The highest BCUT2D eigenvalue weighted by molar-refractivity contribution is 7.99. The molecular weight excluding hydrogens is 478 g/mol. The van der Waals surface area contributed by atoms with Crippen LogP contribution in [0.25, 0.3) is 0 Å². The van der Waals surface area contributed by atoms with Crippen molar-refractivity contribution < 1.29 is 9.53 Å². The Hall–Kier alpha value is -1.11. The number of fused-ring (bicyclic) bond motifs is 2. The minimum absolute atomic E-state index is 0.00487. The zero-order valence-corrected chi connectivity index (χ0v) is 24.6. The summed E-state index contributed by atoms with van der Waals surface area (Å²) in [4.78, 5) is 0. The van der Waals surface area contributed by atoms with Crippen molar-refractivity contribution in [2.45, 2.75) is 83.6 Å². The third-order valence-electron chi connectivity index (χ3n) is 10.0. The highest BCUT2D eigenvalue weighted by atomic mass is 32.2. The van der Waals surface area contributed by atoms with Gasteiger partial charge in [-0.05, 0) is 52.4 Å². The first kappa shape index (κ1) is 26.5. The van der Waals surface area contributed by atoms with Crippen molar-refractivity contribution in [1.29, 1.82) is 0 Å². The van der Waals surface area contributed by atoms with E-state index < -0.39 is 8.32 Å². The summed E-state index contributed by atoms with van der Waals surface area (Å²) in [7, 11) is -2.52. The summed E-state index contributed by atoms with van der Waals surface area (Å²) in [5.74, 6) is 2.87. The Kier molecular flexibility index (Phi) is 7.28. The lowest BCUT2D eigenvalue weighted by Gasteiger charge is -2.44. The van der Waals surface area contributed by atoms with Crippen LogP contribution in [0.1, 0.15) is 60.3 Å². The van der Waals surface area contributed by atoms with Gasteiger partial charge >= 0.3 is 0 Å². The van der Waals surface area contributed by atoms with Gasteiger partial charge in [0.1, 0.15) is 0 Å². The maximum Gasteiger partial charge on any atom is 0.261 e. The van der Waals surface area contributed by atoms with Crippen LogP contribution in [0.2, 0.25) is 5.04 Å². The van der Waals surface area contributed by atoms with Crippen LogP contribution < -0.4 is 15.7 Å². The zero-order chi connectivity index (χ0) is 25.6. The van der Waals surface area contributed by atoms with Crippen LogP contribution in [0.5, 0.6) is 0 Å². The number of aliphatic hydroxyl groups excluding tert-OH is 1. The lowest BCUT2D eigenvalue weighted by atomic mass is 9.70. The standard InChI is InChI=1S/C31H45NO2SSi/c1-29(2,3)36(26-12-8-6-9-13-26,27-14-10-7-11-15-27)34-25-19-24(32-20-25)21-35-22-31-17-16-23(18-28(31)33)30(31,4)5/h6-15,23-25,28,32-33H,16-22H2,1-5H3/t23-,24+,25-,28?,31-/m1/s1. The summed E-state index contributed by atoms with van der Waals surface area (Å²) < 4.78 is 7.37. The highest BCUT2D eigenvalue weighted by Gasteiger charge is 2.63. The molecule has 196 valence electrons. The number of hydrogen-bond acceptors (Lipinski definition) is 4. The second-order valence-electron chi connectivity index (χ2n) is 13.1. The minimum Gasteiger partial charge on any atom is -0.403 e. The Balaban J connectivity index is 1.29. The number of thioether (sulfide) groups is 1. The average Bonchev–Trinajstić information content (AvgIpc) is 3.45. The van der Waals surface area contributed by atoms with Gasteiger partial charge in [0.2, 0.25) is 0 Å². The second-order valence-corrected chi connectivity index (χ2v) is 18.4. The van der Waals surface area contributed by atoms with E-state index in [9.17, 15) is 5.11 Å². The molecule has 2 aliphatic carbocycles. The van der Waals surface area contributed by atoms with E-state index in [-0.39, 0.29) is 28.1 Å². The number of rotatable bonds is 8. The molecule has 2 aromatic carbocycles. The van der Waals surface area contributed by atoms with Crippen LogP contribution >= 0.6 is 11.8 Å². The molecule has 5 heteroatoms. The molecule has 3 fully saturated rings. The number of nitrogens with one attached hydrogen (secondary N) is 1. The summed E-state index contributed by atoms with van der Waals surface area (Å²) in [5, 5.41) is 17.4. The van der Waals surface area contributed by atoms with Crippen molar-refractivity contribution in [3.8, 4) is 0 Å². The highest BCUT2D eigenvalue weighted by Crippen LogP contribution is 2.66. The summed E-state index contributed by atoms with van der Waals surface area (Å²) >= 11 is 2.06. The van der Waals surface area contributed by atoms with Crippen LogP contribution in [0.3, 0.4) is 0 Å². The Bertz CT molecular complexity index is 984. The fourth-order valence-corrected chi connectivity index (χ4v) is 14.1. The zero-order valence-electron chi connectivity index (χ0n) is 22.8. The van der Waals surface area contributed by atoms with Crippen LogP contribution in [0.4, 0.5) is 0 Å². The van der Waals surface area contributed by atoms with Crippen LogP contribution in [-0.4, -0.2) is 49.7 Å². The maximum atomic E-state index is 10.9. The molecular formula is C31H45NO2SSi. The van der Waals surface area contributed by atoms with Gasteiger partial charge in [0.05, 0.1) is 12.2 Å². The fraction of sp³-hybridized carbons (Fsp3) is 0.613. The third-order valence-corrected chi connectivity index (χ3v) is 16.5. The normalized spacial score (nSPS) is 31.7. The molecule has 0 amide bonds. The minimum atomic E-state index is -2.52. The van der Waals surface area contributed by atoms with Gasteiger partial charge in [-0.25, -0.2) is 0 Å². The Morgan fingerprint density at radius 3 is 2.11 bits per heavy atom. The molecule has 0 aromatic heterocycles. The van der Waals surface area contributed by atoms with E-state index >= 15 is 0 Å². The molecule has 2 aromatic rings. The maximum absolute atomic E-state index is 10.9. The van der Waals surface area contributed by atoms with Gasteiger partial charge in [0.25, 0.3) is 8.32 Å². The number of benzene rings is 2. The SMILES string of the molecule is CC1(C)[C@@H]2CC[C@@]1(CSC[C@@H]1C[C@@H](O[Si](c3ccccc3)(c3ccccc3)C(C)(C)C)CN1)C(O)C2. The van der Waals surface area contributed by atoms with Gasteiger partial charge in [-0.3, -0.25) is 0 Å². The molecule has 36 heavy (non-hydrogen) atoms. The Morgan fingerprint density at radius 2 is 1.61 bits per heavy atom. The van der Waals surface area contributed by atoms with Crippen LogP contribution in [-0.2, 0) is 4.43 Å². The summed E-state index contributed by atoms with van der Waals surface area (Å²) in [6, 6.07) is 22.4. The van der Waals surface area contributed by atoms with Gasteiger partial charge < -0.3 is 14.8 Å². The molecule has 0 radical (unpaired) electrons. The van der Waals surface area contributed by atoms with E-state index in [1.165, 1.54) is 23.2 Å². The van der Waals surface area contributed by atoms with Crippen molar-refractivity contribution in [3.05, 3.63) is 60.7 Å². The van der Waals surface area contributed by atoms with E-state index in [1.54, 1.807) is 0 Å². The van der Waals surface area contributed by atoms with Crippen LogP contribution in [0, 0.1) is 16.7 Å². The molecule has 3 nitrogen and oxygen atoms in total. The van der Waals surface area contributed by atoms with Gasteiger partial charge in [-0.2, -0.15) is 11.8 Å². The average molecular weight is 524 g/mol. The van der Waals surface area contributed by atoms with Gasteiger partial charge in [0, 0.05) is 29.5 Å². The van der Waals surface area contributed by atoms with E-state index in [2.05, 4.69) is 112 Å². The molecule has 0 spiro atoms. The van der Waals surface area contributed by atoms with Gasteiger partial charge in [-0.15, -0.1) is 0 Å². The predicted octanol–water partition coefficient (Wildman–Crippen LogP) is 5.21. The molecule has 1 saturated heterocycles. The summed E-state index contributed by atoms with van der Waals surface area (Å²) in [6.45, 7) is 12.8. The molecule has 5 atom stereocenters. The van der Waals surface area contributed by atoms with Crippen molar-refractivity contribution in [3.63, 3.8) is 0 Å². The fourth-order valence-electron chi connectivity index (χ4n) is 7.70. The van der Waals surface area contributed by atoms with E-state index in [0.717, 1.165) is 30.9 Å². The molecule has 2 N–H and O–H groups in total. The lowest BCUT2D eigenvalue weighted by Crippen LogP contribution is -2.67. The van der Waals surface area contributed by atoms with Gasteiger partial charge in [0.15, 0.2) is 0 Å². The van der Waals surface area contributed by atoms with E-state index in [1.807, 2.05) is 0 Å². The lowest BCUT2D eigenvalue weighted by molar-refractivity contribution is 0.0168. The monoisotopic (exact) mass is 523 g/mol. The van der Waals surface area contributed by atoms with Crippen molar-refractivity contribution in [2.75, 3.05) is 18.1 Å².